The molecular weight excluding hydrogens is 160 g/mol. The highest BCUT2D eigenvalue weighted by Gasteiger charge is 2.24. The lowest BCUT2D eigenvalue weighted by Crippen LogP contribution is -2.47. The van der Waals surface area contributed by atoms with Crippen molar-refractivity contribution >= 4 is 0 Å². The molecule has 0 aliphatic heterocycles. The number of hydrogen-bond acceptors (Lipinski definition) is 2. The Morgan fingerprint density at radius 2 is 1.69 bits per heavy atom. The zero-order chi connectivity index (χ0) is 10.6. The fraction of sp³-hybridized carbons (Fsp3) is 1.00. The van der Waals surface area contributed by atoms with Crippen molar-refractivity contribution in [2.75, 3.05) is 20.6 Å². The smallest absolute Gasteiger partial charge is 0.0240 e. The minimum absolute atomic E-state index is 0.331. The summed E-state index contributed by atoms with van der Waals surface area (Å²) in [5.74, 6) is 0. The van der Waals surface area contributed by atoms with Crippen molar-refractivity contribution in [3.05, 3.63) is 0 Å². The molecule has 0 fully saturated rings. The maximum Gasteiger partial charge on any atom is 0.0240 e. The molecule has 1 atom stereocenters. The van der Waals surface area contributed by atoms with E-state index in [0.29, 0.717) is 17.5 Å². The number of nitrogens with zero attached hydrogens (tertiary/aromatic N) is 1. The zero-order valence-corrected chi connectivity index (χ0v) is 10.3. The standard InChI is InChI=1S/C11H26N2/c1-9(2)13(7)8-10(12-6)11(3,4)5/h9-10,12H,8H2,1-7H3. The van der Waals surface area contributed by atoms with Gasteiger partial charge in [-0.15, -0.1) is 0 Å². The van der Waals surface area contributed by atoms with Gasteiger partial charge in [0, 0.05) is 18.6 Å². The highest BCUT2D eigenvalue weighted by atomic mass is 15.1. The Bertz CT molecular complexity index is 136. The molecule has 0 heterocycles. The van der Waals surface area contributed by atoms with Gasteiger partial charge in [0.15, 0.2) is 0 Å². The molecule has 2 nitrogen and oxygen atoms in total. The summed E-state index contributed by atoms with van der Waals surface area (Å²) in [6.07, 6.45) is 0. The minimum Gasteiger partial charge on any atom is -0.315 e. The molecular formula is C11H26N2. The fourth-order valence-electron chi connectivity index (χ4n) is 1.30. The first kappa shape index (κ1) is 12.9. The van der Waals surface area contributed by atoms with E-state index in [1.54, 1.807) is 0 Å². The lowest BCUT2D eigenvalue weighted by Gasteiger charge is -2.35. The summed E-state index contributed by atoms with van der Waals surface area (Å²) in [4.78, 5) is 2.38. The molecule has 0 rings (SSSR count). The van der Waals surface area contributed by atoms with Gasteiger partial charge in [0.1, 0.15) is 0 Å². The molecule has 0 saturated heterocycles. The summed E-state index contributed by atoms with van der Waals surface area (Å²) < 4.78 is 0. The van der Waals surface area contributed by atoms with Crippen LogP contribution in [0.2, 0.25) is 0 Å². The van der Waals surface area contributed by atoms with E-state index in [1.807, 2.05) is 7.05 Å². The molecule has 0 saturated carbocycles. The van der Waals surface area contributed by atoms with Crippen LogP contribution in [0.5, 0.6) is 0 Å². The summed E-state index contributed by atoms with van der Waals surface area (Å²) in [6, 6.07) is 1.18. The van der Waals surface area contributed by atoms with E-state index in [1.165, 1.54) is 0 Å². The first-order valence-electron chi connectivity index (χ1n) is 5.16. The summed E-state index contributed by atoms with van der Waals surface area (Å²) >= 11 is 0. The zero-order valence-electron chi connectivity index (χ0n) is 10.3. The lowest BCUT2D eigenvalue weighted by molar-refractivity contribution is 0.178. The van der Waals surface area contributed by atoms with Crippen molar-refractivity contribution in [3.63, 3.8) is 0 Å². The molecule has 80 valence electrons. The normalized spacial score (nSPS) is 15.5. The van der Waals surface area contributed by atoms with Gasteiger partial charge in [0.25, 0.3) is 0 Å². The molecule has 2 heteroatoms. The Hall–Kier alpha value is -0.0800. The van der Waals surface area contributed by atoms with Gasteiger partial charge in [-0.3, -0.25) is 0 Å². The van der Waals surface area contributed by atoms with E-state index >= 15 is 0 Å². The molecule has 0 aliphatic carbocycles. The molecule has 0 radical (unpaired) electrons. The lowest BCUT2D eigenvalue weighted by atomic mass is 9.86. The molecule has 0 bridgehead atoms. The molecule has 0 spiro atoms. The second-order valence-corrected chi connectivity index (χ2v) is 5.24. The van der Waals surface area contributed by atoms with Gasteiger partial charge >= 0.3 is 0 Å². The van der Waals surface area contributed by atoms with Crippen LogP contribution in [0.1, 0.15) is 34.6 Å². The van der Waals surface area contributed by atoms with E-state index in [9.17, 15) is 0 Å². The Morgan fingerprint density at radius 3 is 1.92 bits per heavy atom. The van der Waals surface area contributed by atoms with Gasteiger partial charge in [0.05, 0.1) is 0 Å². The van der Waals surface area contributed by atoms with Crippen LogP contribution in [-0.2, 0) is 0 Å². The van der Waals surface area contributed by atoms with Crippen LogP contribution in [0.4, 0.5) is 0 Å². The van der Waals surface area contributed by atoms with Gasteiger partial charge in [-0.25, -0.2) is 0 Å². The van der Waals surface area contributed by atoms with Crippen LogP contribution >= 0.6 is 0 Å². The van der Waals surface area contributed by atoms with Crippen molar-refractivity contribution < 1.29 is 0 Å². The largest absolute Gasteiger partial charge is 0.315 e. The van der Waals surface area contributed by atoms with Crippen molar-refractivity contribution in [2.24, 2.45) is 5.41 Å². The predicted octanol–water partition coefficient (Wildman–Crippen LogP) is 1.96. The van der Waals surface area contributed by atoms with E-state index in [4.69, 9.17) is 0 Å². The van der Waals surface area contributed by atoms with Gasteiger partial charge in [-0.2, -0.15) is 0 Å². The van der Waals surface area contributed by atoms with Crippen LogP contribution < -0.4 is 5.32 Å². The average molecular weight is 186 g/mol. The maximum atomic E-state index is 3.39. The third-order valence-electron chi connectivity index (χ3n) is 2.75. The SMILES string of the molecule is CNC(CN(C)C(C)C)C(C)(C)C. The Kier molecular flexibility index (Phi) is 4.93. The summed E-state index contributed by atoms with van der Waals surface area (Å²) in [7, 11) is 4.23. The van der Waals surface area contributed by atoms with Crippen LogP contribution in [0.15, 0.2) is 0 Å². The molecule has 0 aromatic rings. The monoisotopic (exact) mass is 186 g/mol. The topological polar surface area (TPSA) is 15.3 Å². The Labute approximate surface area is 83.7 Å². The summed E-state index contributed by atoms with van der Waals surface area (Å²) in [5.41, 5.74) is 0.331. The van der Waals surface area contributed by atoms with Crippen molar-refractivity contribution in [3.8, 4) is 0 Å². The van der Waals surface area contributed by atoms with Crippen LogP contribution in [0.25, 0.3) is 0 Å². The summed E-state index contributed by atoms with van der Waals surface area (Å²) in [6.45, 7) is 12.4. The van der Waals surface area contributed by atoms with E-state index < -0.39 is 0 Å². The fourth-order valence-corrected chi connectivity index (χ4v) is 1.30. The number of likely N-dealkylation sites (N-methyl/N-ethyl adjacent to an activating group) is 2. The van der Waals surface area contributed by atoms with E-state index in [0.717, 1.165) is 6.54 Å². The second-order valence-electron chi connectivity index (χ2n) is 5.24. The van der Waals surface area contributed by atoms with Crippen molar-refractivity contribution in [2.45, 2.75) is 46.7 Å². The van der Waals surface area contributed by atoms with Crippen LogP contribution in [0, 0.1) is 5.41 Å². The first-order valence-corrected chi connectivity index (χ1v) is 5.16. The van der Waals surface area contributed by atoms with Crippen molar-refractivity contribution in [1.82, 2.24) is 10.2 Å². The number of nitrogens with one attached hydrogen (secondary N) is 1. The highest BCUT2D eigenvalue weighted by molar-refractivity contribution is 4.82. The average Bonchev–Trinajstić information content (AvgIpc) is 1.96. The molecule has 1 unspecified atom stereocenters. The molecule has 13 heavy (non-hydrogen) atoms. The number of rotatable bonds is 4. The van der Waals surface area contributed by atoms with Crippen molar-refractivity contribution in [1.29, 1.82) is 0 Å². The van der Waals surface area contributed by atoms with E-state index in [2.05, 4.69) is 51.9 Å². The maximum absolute atomic E-state index is 3.39. The van der Waals surface area contributed by atoms with E-state index in [-0.39, 0.29) is 0 Å². The van der Waals surface area contributed by atoms with Gasteiger partial charge in [-0.1, -0.05) is 20.8 Å². The highest BCUT2D eigenvalue weighted by Crippen LogP contribution is 2.19. The first-order chi connectivity index (χ1) is 5.79. The molecule has 0 aliphatic rings. The third kappa shape index (κ3) is 4.63. The number of hydrogen-bond donors (Lipinski definition) is 1. The quantitative estimate of drug-likeness (QED) is 0.722. The third-order valence-corrected chi connectivity index (χ3v) is 2.75. The molecule has 0 aromatic carbocycles. The van der Waals surface area contributed by atoms with Gasteiger partial charge in [-0.05, 0) is 33.4 Å². The Balaban J connectivity index is 4.14. The molecule has 0 amide bonds. The van der Waals surface area contributed by atoms with Crippen LogP contribution in [0.3, 0.4) is 0 Å². The second kappa shape index (κ2) is 4.97. The summed E-state index contributed by atoms with van der Waals surface area (Å²) in [5, 5.41) is 3.39. The minimum atomic E-state index is 0.331. The van der Waals surface area contributed by atoms with Crippen LogP contribution in [-0.4, -0.2) is 37.6 Å². The predicted molar refractivity (Wildman–Crippen MR) is 60.1 cm³/mol. The van der Waals surface area contributed by atoms with Gasteiger partial charge in [0.2, 0.25) is 0 Å². The molecule has 0 aromatic heterocycles. The molecule has 1 N–H and O–H groups in total. The Morgan fingerprint density at radius 1 is 1.23 bits per heavy atom. The van der Waals surface area contributed by atoms with Gasteiger partial charge < -0.3 is 10.2 Å².